The standard InChI is InChI=1S/C13H19N3/c1-13(2,3)14-12-15(4)10-8-6-7-9-11(10)16(12)5/h6-9H,1-5H3. The maximum absolute atomic E-state index is 4.75. The number of aromatic nitrogens is 2. The molecule has 0 unspecified atom stereocenters. The SMILES string of the molecule is Cn1c(=NC(C)(C)C)n(C)c2ccccc21. The van der Waals surface area contributed by atoms with E-state index in [2.05, 4.69) is 68.3 Å². The first kappa shape index (κ1) is 11.0. The van der Waals surface area contributed by atoms with Gasteiger partial charge in [0.25, 0.3) is 0 Å². The third kappa shape index (κ3) is 1.77. The lowest BCUT2D eigenvalue weighted by Crippen LogP contribution is -2.27. The first-order chi connectivity index (χ1) is 7.40. The van der Waals surface area contributed by atoms with E-state index < -0.39 is 0 Å². The van der Waals surface area contributed by atoms with Crippen LogP contribution in [0.5, 0.6) is 0 Å². The second-order valence-corrected chi connectivity index (χ2v) is 5.19. The lowest BCUT2D eigenvalue weighted by Gasteiger charge is -2.11. The number of hydrogen-bond donors (Lipinski definition) is 0. The van der Waals surface area contributed by atoms with Crippen LogP contribution in [0.4, 0.5) is 0 Å². The summed E-state index contributed by atoms with van der Waals surface area (Å²) >= 11 is 0. The summed E-state index contributed by atoms with van der Waals surface area (Å²) in [6.45, 7) is 6.35. The molecular formula is C13H19N3. The van der Waals surface area contributed by atoms with Gasteiger partial charge in [0.2, 0.25) is 5.62 Å². The van der Waals surface area contributed by atoms with E-state index in [-0.39, 0.29) is 5.54 Å². The van der Waals surface area contributed by atoms with Gasteiger partial charge in [-0.05, 0) is 32.9 Å². The summed E-state index contributed by atoms with van der Waals surface area (Å²) in [4.78, 5) is 4.75. The van der Waals surface area contributed by atoms with Gasteiger partial charge in [0, 0.05) is 14.1 Å². The van der Waals surface area contributed by atoms with Crippen LogP contribution in [-0.4, -0.2) is 14.7 Å². The minimum Gasteiger partial charge on any atom is -0.313 e. The normalized spacial score (nSPS) is 12.1. The second-order valence-electron chi connectivity index (χ2n) is 5.19. The van der Waals surface area contributed by atoms with Gasteiger partial charge in [-0.25, -0.2) is 4.99 Å². The Bertz CT molecular complexity index is 537. The van der Waals surface area contributed by atoms with Gasteiger partial charge in [-0.15, -0.1) is 0 Å². The van der Waals surface area contributed by atoms with E-state index in [0.717, 1.165) is 5.62 Å². The second kappa shape index (κ2) is 3.51. The highest BCUT2D eigenvalue weighted by Gasteiger charge is 2.10. The van der Waals surface area contributed by atoms with Crippen LogP contribution in [0.15, 0.2) is 29.3 Å². The minimum atomic E-state index is -0.0557. The van der Waals surface area contributed by atoms with Gasteiger partial charge in [-0.2, -0.15) is 0 Å². The first-order valence-electron chi connectivity index (χ1n) is 5.56. The number of fused-ring (bicyclic) bond motifs is 1. The van der Waals surface area contributed by atoms with Gasteiger partial charge in [-0.1, -0.05) is 12.1 Å². The summed E-state index contributed by atoms with van der Waals surface area (Å²) < 4.78 is 4.28. The van der Waals surface area contributed by atoms with Crippen molar-refractivity contribution in [2.45, 2.75) is 26.3 Å². The number of aryl methyl sites for hydroxylation is 2. The van der Waals surface area contributed by atoms with Crippen molar-refractivity contribution in [2.24, 2.45) is 19.1 Å². The molecule has 0 bridgehead atoms. The largest absolute Gasteiger partial charge is 0.313 e. The Labute approximate surface area is 96.0 Å². The smallest absolute Gasteiger partial charge is 0.205 e. The maximum atomic E-state index is 4.75. The van der Waals surface area contributed by atoms with Crippen LogP contribution in [0.2, 0.25) is 0 Å². The number of nitrogens with zero attached hydrogens (tertiary/aromatic N) is 3. The van der Waals surface area contributed by atoms with Crippen molar-refractivity contribution in [1.29, 1.82) is 0 Å². The molecule has 1 aromatic heterocycles. The fourth-order valence-corrected chi connectivity index (χ4v) is 1.92. The molecule has 0 aliphatic rings. The van der Waals surface area contributed by atoms with Crippen molar-refractivity contribution in [2.75, 3.05) is 0 Å². The van der Waals surface area contributed by atoms with Crippen molar-refractivity contribution < 1.29 is 0 Å². The van der Waals surface area contributed by atoms with Crippen LogP contribution in [0, 0.1) is 0 Å². The van der Waals surface area contributed by atoms with Crippen LogP contribution in [0.3, 0.4) is 0 Å². The zero-order valence-corrected chi connectivity index (χ0v) is 10.7. The molecule has 0 amide bonds. The molecule has 2 aromatic rings. The highest BCUT2D eigenvalue weighted by molar-refractivity contribution is 5.75. The van der Waals surface area contributed by atoms with Crippen LogP contribution >= 0.6 is 0 Å². The van der Waals surface area contributed by atoms with Gasteiger partial charge >= 0.3 is 0 Å². The molecule has 0 aliphatic heterocycles. The van der Waals surface area contributed by atoms with Crippen molar-refractivity contribution in [3.63, 3.8) is 0 Å². The van der Waals surface area contributed by atoms with E-state index in [0.29, 0.717) is 0 Å². The Morgan fingerprint density at radius 2 is 1.38 bits per heavy atom. The molecular weight excluding hydrogens is 198 g/mol. The summed E-state index contributed by atoms with van der Waals surface area (Å²) in [5, 5.41) is 0. The Morgan fingerprint density at radius 3 is 1.75 bits per heavy atom. The monoisotopic (exact) mass is 217 g/mol. The van der Waals surface area contributed by atoms with Gasteiger partial charge in [0.15, 0.2) is 0 Å². The zero-order chi connectivity index (χ0) is 11.9. The molecule has 0 fully saturated rings. The molecule has 2 rings (SSSR count). The molecule has 0 N–H and O–H groups in total. The summed E-state index contributed by atoms with van der Waals surface area (Å²) in [5.74, 6) is 0. The molecule has 1 heterocycles. The number of benzene rings is 1. The number of hydrogen-bond acceptors (Lipinski definition) is 1. The average molecular weight is 217 g/mol. The summed E-state index contributed by atoms with van der Waals surface area (Å²) in [7, 11) is 4.12. The number of para-hydroxylation sites is 2. The van der Waals surface area contributed by atoms with E-state index in [1.807, 2.05) is 0 Å². The highest BCUT2D eigenvalue weighted by atomic mass is 15.2. The predicted molar refractivity (Wildman–Crippen MR) is 67.2 cm³/mol. The Hall–Kier alpha value is -1.51. The van der Waals surface area contributed by atoms with Crippen LogP contribution in [0.1, 0.15) is 20.8 Å². The molecule has 0 atom stereocenters. The van der Waals surface area contributed by atoms with Crippen LogP contribution in [0.25, 0.3) is 11.0 Å². The molecule has 0 radical (unpaired) electrons. The van der Waals surface area contributed by atoms with E-state index in [1.54, 1.807) is 0 Å². The third-order valence-corrected chi connectivity index (χ3v) is 2.64. The summed E-state index contributed by atoms with van der Waals surface area (Å²) in [6, 6.07) is 8.36. The van der Waals surface area contributed by atoms with Crippen molar-refractivity contribution in [1.82, 2.24) is 9.13 Å². The molecule has 0 aliphatic carbocycles. The van der Waals surface area contributed by atoms with Crippen LogP contribution < -0.4 is 5.62 Å². The van der Waals surface area contributed by atoms with Gasteiger partial charge in [0.05, 0.1) is 16.6 Å². The van der Waals surface area contributed by atoms with Gasteiger partial charge in [0.1, 0.15) is 0 Å². The Morgan fingerprint density at radius 1 is 0.938 bits per heavy atom. The molecule has 86 valence electrons. The molecule has 0 spiro atoms. The van der Waals surface area contributed by atoms with Crippen molar-refractivity contribution in [3.05, 3.63) is 29.9 Å². The lowest BCUT2D eigenvalue weighted by atomic mass is 10.1. The molecule has 3 nitrogen and oxygen atoms in total. The Kier molecular flexibility index (Phi) is 2.41. The van der Waals surface area contributed by atoms with E-state index >= 15 is 0 Å². The fraction of sp³-hybridized carbons (Fsp3) is 0.462. The Balaban J connectivity index is 2.87. The first-order valence-corrected chi connectivity index (χ1v) is 5.56. The third-order valence-electron chi connectivity index (χ3n) is 2.64. The molecule has 16 heavy (non-hydrogen) atoms. The van der Waals surface area contributed by atoms with Gasteiger partial charge < -0.3 is 9.13 Å². The van der Waals surface area contributed by atoms with E-state index in [9.17, 15) is 0 Å². The zero-order valence-electron chi connectivity index (χ0n) is 10.7. The predicted octanol–water partition coefficient (Wildman–Crippen LogP) is 2.22. The summed E-state index contributed by atoms with van der Waals surface area (Å²) in [6.07, 6.45) is 0. The molecule has 1 aromatic carbocycles. The van der Waals surface area contributed by atoms with Crippen molar-refractivity contribution >= 4 is 11.0 Å². The van der Waals surface area contributed by atoms with Gasteiger partial charge in [-0.3, -0.25) is 0 Å². The fourth-order valence-electron chi connectivity index (χ4n) is 1.92. The van der Waals surface area contributed by atoms with E-state index in [1.165, 1.54) is 11.0 Å². The topological polar surface area (TPSA) is 22.2 Å². The molecule has 3 heteroatoms. The molecule has 0 saturated carbocycles. The lowest BCUT2D eigenvalue weighted by molar-refractivity contribution is 0.537. The van der Waals surface area contributed by atoms with Crippen molar-refractivity contribution in [3.8, 4) is 0 Å². The molecule has 0 saturated heterocycles. The average Bonchev–Trinajstić information content (AvgIpc) is 2.43. The highest BCUT2D eigenvalue weighted by Crippen LogP contribution is 2.11. The maximum Gasteiger partial charge on any atom is 0.205 e. The quantitative estimate of drug-likeness (QED) is 0.645. The number of rotatable bonds is 0. The minimum absolute atomic E-state index is 0.0557. The van der Waals surface area contributed by atoms with Crippen LogP contribution in [-0.2, 0) is 14.1 Å². The summed E-state index contributed by atoms with van der Waals surface area (Å²) in [5.41, 5.74) is 3.38. The van der Waals surface area contributed by atoms with E-state index in [4.69, 9.17) is 4.99 Å². The number of imidazole rings is 1.